The monoisotopic (exact) mass is 417 g/mol. The number of carbonyl (C=O) groups is 1. The fraction of sp³-hybridized carbons (Fsp3) is 0.130. The summed E-state index contributed by atoms with van der Waals surface area (Å²) >= 11 is 0. The number of methoxy groups -OCH3 is 1. The summed E-state index contributed by atoms with van der Waals surface area (Å²) in [5.74, 6) is 0.150. The van der Waals surface area contributed by atoms with E-state index in [4.69, 9.17) is 9.15 Å². The van der Waals surface area contributed by atoms with Gasteiger partial charge in [-0.15, -0.1) is 0 Å². The van der Waals surface area contributed by atoms with Gasteiger partial charge in [0, 0.05) is 23.6 Å². The third-order valence-electron chi connectivity index (χ3n) is 4.75. The van der Waals surface area contributed by atoms with Crippen molar-refractivity contribution >= 4 is 16.9 Å². The number of ether oxygens (including phenoxy) is 1. The molecule has 0 bridgehead atoms. The Morgan fingerprint density at radius 3 is 2.61 bits per heavy atom. The SMILES string of the molecule is COc1ccc(-c2ccc(=O)n(CCNC(=O)c3cc4ccccc4oc3=O)n2)cc1. The largest absolute Gasteiger partial charge is 0.497 e. The molecule has 0 fully saturated rings. The molecule has 0 saturated heterocycles. The van der Waals surface area contributed by atoms with Crippen LogP contribution in [0.1, 0.15) is 10.4 Å². The van der Waals surface area contributed by atoms with E-state index in [1.807, 2.05) is 24.3 Å². The maximum absolute atomic E-state index is 12.4. The topological polar surface area (TPSA) is 103 Å². The van der Waals surface area contributed by atoms with E-state index in [1.54, 1.807) is 37.4 Å². The summed E-state index contributed by atoms with van der Waals surface area (Å²) in [5.41, 5.74) is 0.752. The highest BCUT2D eigenvalue weighted by molar-refractivity contribution is 5.96. The molecule has 0 spiro atoms. The fourth-order valence-electron chi connectivity index (χ4n) is 3.12. The molecule has 1 N–H and O–H groups in total. The lowest BCUT2D eigenvalue weighted by Crippen LogP contribution is -2.33. The average molecular weight is 417 g/mol. The van der Waals surface area contributed by atoms with Crippen LogP contribution in [0, 0.1) is 0 Å². The second-order valence-corrected chi connectivity index (χ2v) is 6.75. The van der Waals surface area contributed by atoms with Crippen molar-refractivity contribution in [1.82, 2.24) is 15.1 Å². The Labute approximate surface area is 176 Å². The van der Waals surface area contributed by atoms with Gasteiger partial charge in [-0.3, -0.25) is 9.59 Å². The molecule has 2 heterocycles. The van der Waals surface area contributed by atoms with Crippen LogP contribution in [0.25, 0.3) is 22.2 Å². The summed E-state index contributed by atoms with van der Waals surface area (Å²) in [6.45, 7) is 0.261. The van der Waals surface area contributed by atoms with Crippen molar-refractivity contribution in [2.45, 2.75) is 6.54 Å². The number of para-hydroxylation sites is 1. The summed E-state index contributed by atoms with van der Waals surface area (Å²) in [6.07, 6.45) is 0. The number of hydrogen-bond donors (Lipinski definition) is 1. The van der Waals surface area contributed by atoms with Gasteiger partial charge < -0.3 is 14.5 Å². The number of rotatable bonds is 6. The minimum Gasteiger partial charge on any atom is -0.497 e. The van der Waals surface area contributed by atoms with Crippen LogP contribution >= 0.6 is 0 Å². The molecule has 4 aromatic rings. The standard InChI is InChI=1S/C23H19N3O5/c1-30-17-8-6-15(7-9-17)19-10-11-21(27)26(25-19)13-12-24-22(28)18-14-16-4-2-3-5-20(16)31-23(18)29/h2-11,14H,12-13H2,1H3,(H,24,28). The third-order valence-corrected chi connectivity index (χ3v) is 4.75. The lowest BCUT2D eigenvalue weighted by atomic mass is 10.1. The van der Waals surface area contributed by atoms with Crippen LogP contribution in [0.4, 0.5) is 0 Å². The minimum atomic E-state index is -0.715. The smallest absolute Gasteiger partial charge is 0.349 e. The Balaban J connectivity index is 1.47. The second kappa shape index (κ2) is 8.66. The van der Waals surface area contributed by atoms with Gasteiger partial charge in [0.1, 0.15) is 16.9 Å². The summed E-state index contributed by atoms with van der Waals surface area (Å²) < 4.78 is 11.6. The van der Waals surface area contributed by atoms with E-state index in [0.717, 1.165) is 11.3 Å². The van der Waals surface area contributed by atoms with Gasteiger partial charge in [-0.05, 0) is 42.5 Å². The zero-order valence-electron chi connectivity index (χ0n) is 16.7. The first-order valence-electron chi connectivity index (χ1n) is 9.59. The normalized spacial score (nSPS) is 10.7. The highest BCUT2D eigenvalue weighted by atomic mass is 16.5. The van der Waals surface area contributed by atoms with E-state index in [2.05, 4.69) is 10.4 Å². The Morgan fingerprint density at radius 2 is 1.84 bits per heavy atom. The summed E-state index contributed by atoms with van der Waals surface area (Å²) in [6, 6.07) is 18.8. The first kappa shape index (κ1) is 20.1. The maximum Gasteiger partial charge on any atom is 0.349 e. The first-order valence-corrected chi connectivity index (χ1v) is 9.59. The van der Waals surface area contributed by atoms with Crippen LogP contribution in [0.5, 0.6) is 5.75 Å². The van der Waals surface area contributed by atoms with E-state index in [1.165, 1.54) is 16.8 Å². The van der Waals surface area contributed by atoms with E-state index in [-0.39, 0.29) is 24.2 Å². The average Bonchev–Trinajstić information content (AvgIpc) is 2.79. The predicted octanol–water partition coefficient (Wildman–Crippen LogP) is 2.46. The predicted molar refractivity (Wildman–Crippen MR) is 115 cm³/mol. The third kappa shape index (κ3) is 4.37. The van der Waals surface area contributed by atoms with Crippen LogP contribution in [-0.2, 0) is 6.54 Å². The quantitative estimate of drug-likeness (QED) is 0.484. The van der Waals surface area contributed by atoms with Crippen LogP contribution in [0.3, 0.4) is 0 Å². The van der Waals surface area contributed by atoms with E-state index in [9.17, 15) is 14.4 Å². The molecule has 8 heteroatoms. The van der Waals surface area contributed by atoms with E-state index >= 15 is 0 Å². The van der Waals surface area contributed by atoms with Gasteiger partial charge in [0.15, 0.2) is 0 Å². The number of nitrogens with zero attached hydrogens (tertiary/aromatic N) is 2. The number of carbonyl (C=O) groups excluding carboxylic acids is 1. The lowest BCUT2D eigenvalue weighted by molar-refractivity contribution is 0.0948. The fourth-order valence-corrected chi connectivity index (χ4v) is 3.12. The molecule has 0 unspecified atom stereocenters. The summed E-state index contributed by atoms with van der Waals surface area (Å²) in [5, 5.41) is 7.65. The van der Waals surface area contributed by atoms with Gasteiger partial charge >= 0.3 is 5.63 Å². The zero-order chi connectivity index (χ0) is 21.8. The van der Waals surface area contributed by atoms with Gasteiger partial charge in [0.2, 0.25) is 0 Å². The molecule has 0 aliphatic rings. The highest BCUT2D eigenvalue weighted by Crippen LogP contribution is 2.19. The molecule has 0 aliphatic heterocycles. The van der Waals surface area contributed by atoms with Crippen molar-refractivity contribution in [3.05, 3.63) is 93.1 Å². The molecular formula is C23H19N3O5. The number of aromatic nitrogens is 2. The molecule has 0 saturated carbocycles. The number of benzene rings is 2. The molecule has 1 amide bonds. The maximum atomic E-state index is 12.4. The van der Waals surface area contributed by atoms with Crippen LogP contribution < -0.4 is 21.2 Å². The van der Waals surface area contributed by atoms with E-state index in [0.29, 0.717) is 16.7 Å². The number of amides is 1. The van der Waals surface area contributed by atoms with Crippen molar-refractivity contribution in [2.24, 2.45) is 0 Å². The molecular weight excluding hydrogens is 398 g/mol. The van der Waals surface area contributed by atoms with Gasteiger partial charge in [-0.25, -0.2) is 9.48 Å². The molecule has 2 aromatic carbocycles. The summed E-state index contributed by atoms with van der Waals surface area (Å²) in [4.78, 5) is 36.7. The lowest BCUT2D eigenvalue weighted by Gasteiger charge is -2.09. The van der Waals surface area contributed by atoms with Gasteiger partial charge in [0.25, 0.3) is 11.5 Å². The van der Waals surface area contributed by atoms with Gasteiger partial charge in [-0.1, -0.05) is 18.2 Å². The Kier molecular flexibility index (Phi) is 5.61. The zero-order valence-corrected chi connectivity index (χ0v) is 16.7. The van der Waals surface area contributed by atoms with Gasteiger partial charge in [0.05, 0.1) is 19.3 Å². The molecule has 4 rings (SSSR count). The highest BCUT2D eigenvalue weighted by Gasteiger charge is 2.13. The van der Waals surface area contributed by atoms with Crippen LogP contribution in [0.15, 0.2) is 80.7 Å². The molecule has 31 heavy (non-hydrogen) atoms. The van der Waals surface area contributed by atoms with E-state index < -0.39 is 11.5 Å². The molecule has 0 radical (unpaired) electrons. The van der Waals surface area contributed by atoms with Crippen molar-refractivity contribution in [3.8, 4) is 17.0 Å². The Morgan fingerprint density at radius 1 is 1.06 bits per heavy atom. The van der Waals surface area contributed by atoms with Crippen molar-refractivity contribution < 1.29 is 13.9 Å². The molecule has 0 aliphatic carbocycles. The van der Waals surface area contributed by atoms with Crippen LogP contribution in [-0.4, -0.2) is 29.3 Å². The molecule has 8 nitrogen and oxygen atoms in total. The van der Waals surface area contributed by atoms with Crippen molar-refractivity contribution in [2.75, 3.05) is 13.7 Å². The Bertz CT molecular complexity index is 1360. The Hall–Kier alpha value is -4.20. The van der Waals surface area contributed by atoms with Crippen molar-refractivity contribution in [1.29, 1.82) is 0 Å². The van der Waals surface area contributed by atoms with Crippen molar-refractivity contribution in [3.63, 3.8) is 0 Å². The molecule has 0 atom stereocenters. The minimum absolute atomic E-state index is 0.0917. The molecule has 156 valence electrons. The number of hydrogen-bond acceptors (Lipinski definition) is 6. The molecule has 2 aromatic heterocycles. The summed E-state index contributed by atoms with van der Waals surface area (Å²) in [7, 11) is 1.59. The number of nitrogens with one attached hydrogen (secondary N) is 1. The second-order valence-electron chi connectivity index (χ2n) is 6.75. The van der Waals surface area contributed by atoms with Crippen LogP contribution in [0.2, 0.25) is 0 Å². The first-order chi connectivity index (χ1) is 15.0. The van der Waals surface area contributed by atoms with Gasteiger partial charge in [-0.2, -0.15) is 5.10 Å². The number of fused-ring (bicyclic) bond motifs is 1.